The van der Waals surface area contributed by atoms with Gasteiger partial charge in [-0.2, -0.15) is 4.98 Å². The van der Waals surface area contributed by atoms with Crippen LogP contribution in [0.3, 0.4) is 0 Å². The minimum absolute atomic E-state index is 0.0423. The third kappa shape index (κ3) is 4.11. The van der Waals surface area contributed by atoms with Gasteiger partial charge in [-0.25, -0.2) is 17.6 Å². The number of amides is 1. The van der Waals surface area contributed by atoms with Gasteiger partial charge in [0.25, 0.3) is 0 Å². The Bertz CT molecular complexity index is 1050. The molecule has 2 aliphatic heterocycles. The predicted molar refractivity (Wildman–Crippen MR) is 105 cm³/mol. The number of nitrogens with zero attached hydrogens (tertiary/aromatic N) is 4. The fourth-order valence-electron chi connectivity index (χ4n) is 4.06. The number of likely N-dealkylation sites (tertiary alicyclic amines) is 1. The first-order valence-electron chi connectivity index (χ1n) is 9.78. The summed E-state index contributed by atoms with van der Waals surface area (Å²) in [6, 6.07) is 3.95. The van der Waals surface area contributed by atoms with Crippen LogP contribution in [0.4, 0.5) is 14.9 Å². The van der Waals surface area contributed by atoms with E-state index in [2.05, 4.69) is 10.1 Å². The lowest BCUT2D eigenvalue weighted by Crippen LogP contribution is -2.37. The van der Waals surface area contributed by atoms with Gasteiger partial charge in [-0.3, -0.25) is 0 Å². The van der Waals surface area contributed by atoms with E-state index in [4.69, 9.17) is 9.63 Å². The highest BCUT2D eigenvalue weighted by atomic mass is 32.2. The number of piperidine rings is 1. The van der Waals surface area contributed by atoms with Crippen LogP contribution in [0.5, 0.6) is 0 Å². The normalized spacial score (nSPS) is 20.7. The van der Waals surface area contributed by atoms with Crippen molar-refractivity contribution >= 4 is 21.6 Å². The molecule has 4 rings (SSSR count). The van der Waals surface area contributed by atoms with Gasteiger partial charge in [0.1, 0.15) is 5.82 Å². The van der Waals surface area contributed by atoms with Crippen molar-refractivity contribution in [3.63, 3.8) is 0 Å². The molecular formula is C19H23FN4O5S. The van der Waals surface area contributed by atoms with Crippen molar-refractivity contribution in [3.05, 3.63) is 35.7 Å². The molecule has 1 atom stereocenters. The molecule has 11 heteroatoms. The van der Waals surface area contributed by atoms with E-state index in [1.807, 2.05) is 4.90 Å². The molecule has 1 aromatic carbocycles. The van der Waals surface area contributed by atoms with E-state index in [0.717, 1.165) is 12.3 Å². The van der Waals surface area contributed by atoms with Crippen molar-refractivity contribution in [1.82, 2.24) is 15.0 Å². The van der Waals surface area contributed by atoms with Crippen molar-refractivity contribution in [1.29, 1.82) is 0 Å². The number of hydrogen-bond donors (Lipinski definition) is 1. The lowest BCUT2D eigenvalue weighted by molar-refractivity contribution is 0.131. The summed E-state index contributed by atoms with van der Waals surface area (Å²) in [6.45, 7) is 1.98. The summed E-state index contributed by atoms with van der Waals surface area (Å²) < 4.78 is 43.2. The molecule has 0 radical (unpaired) electrons. The van der Waals surface area contributed by atoms with Crippen molar-refractivity contribution in [2.75, 3.05) is 37.3 Å². The molecular weight excluding hydrogens is 415 g/mol. The summed E-state index contributed by atoms with van der Waals surface area (Å²) in [4.78, 5) is 18.8. The minimum Gasteiger partial charge on any atom is -0.465 e. The van der Waals surface area contributed by atoms with Gasteiger partial charge in [0.2, 0.25) is 5.89 Å². The monoisotopic (exact) mass is 438 g/mol. The fraction of sp³-hybridized carbons (Fsp3) is 0.526. The van der Waals surface area contributed by atoms with Crippen molar-refractivity contribution in [2.45, 2.75) is 36.0 Å². The molecule has 162 valence electrons. The van der Waals surface area contributed by atoms with Gasteiger partial charge in [0, 0.05) is 38.4 Å². The average Bonchev–Trinajstić information content (AvgIpc) is 3.37. The zero-order valence-corrected chi connectivity index (χ0v) is 17.3. The summed E-state index contributed by atoms with van der Waals surface area (Å²) in [6.07, 6.45) is 2.16. The van der Waals surface area contributed by atoms with E-state index < -0.39 is 21.7 Å². The second-order valence-corrected chi connectivity index (χ2v) is 9.87. The first kappa shape index (κ1) is 20.6. The van der Waals surface area contributed by atoms with E-state index >= 15 is 0 Å². The molecule has 1 aromatic heterocycles. The molecule has 2 saturated heterocycles. The Morgan fingerprint density at radius 3 is 2.53 bits per heavy atom. The first-order valence-corrected chi connectivity index (χ1v) is 11.7. The van der Waals surface area contributed by atoms with E-state index in [1.54, 1.807) is 0 Å². The molecule has 2 aliphatic rings. The first-order chi connectivity index (χ1) is 14.2. The van der Waals surface area contributed by atoms with Crippen molar-refractivity contribution < 1.29 is 27.2 Å². The van der Waals surface area contributed by atoms with Crippen molar-refractivity contribution in [3.8, 4) is 0 Å². The zero-order chi connectivity index (χ0) is 21.5. The maximum Gasteiger partial charge on any atom is 0.407 e. The van der Waals surface area contributed by atoms with Crippen LogP contribution in [0.2, 0.25) is 0 Å². The number of hydrogen-bond acceptors (Lipinski definition) is 7. The van der Waals surface area contributed by atoms with E-state index in [9.17, 15) is 17.6 Å². The third-order valence-corrected chi connectivity index (χ3v) is 6.92. The van der Waals surface area contributed by atoms with Crippen LogP contribution in [-0.4, -0.2) is 67.1 Å². The van der Waals surface area contributed by atoms with E-state index in [-0.39, 0.29) is 16.7 Å². The Labute approximate surface area is 173 Å². The highest BCUT2D eigenvalue weighted by molar-refractivity contribution is 7.90. The average molecular weight is 438 g/mol. The van der Waals surface area contributed by atoms with Crippen molar-refractivity contribution in [2.24, 2.45) is 0 Å². The van der Waals surface area contributed by atoms with Crippen LogP contribution in [0.15, 0.2) is 27.6 Å². The molecule has 0 bridgehead atoms. The highest BCUT2D eigenvalue weighted by Gasteiger charge is 2.32. The lowest BCUT2D eigenvalue weighted by atomic mass is 9.96. The second kappa shape index (κ2) is 7.86. The quantitative estimate of drug-likeness (QED) is 0.774. The van der Waals surface area contributed by atoms with Crippen LogP contribution in [0, 0.1) is 5.82 Å². The second-order valence-electron chi connectivity index (χ2n) is 7.85. The maximum absolute atomic E-state index is 14.5. The maximum atomic E-state index is 14.5. The Morgan fingerprint density at radius 2 is 1.90 bits per heavy atom. The number of aromatic nitrogens is 2. The third-order valence-electron chi connectivity index (χ3n) is 5.81. The summed E-state index contributed by atoms with van der Waals surface area (Å²) in [5.74, 6) is 0.546. The number of rotatable bonds is 4. The largest absolute Gasteiger partial charge is 0.465 e. The molecule has 2 aromatic rings. The summed E-state index contributed by atoms with van der Waals surface area (Å²) in [5, 5.41) is 13.1. The molecule has 1 amide bonds. The smallest absolute Gasteiger partial charge is 0.407 e. The standard InChI is InChI=1S/C19H23FN4O5S/c1-30(27,28)14-2-3-16(15(20)10-14)24-9-6-13(11-24)18-21-17(22-29-18)12-4-7-23(8-5-12)19(25)26/h2-3,10,12-13H,4-9,11H2,1H3,(H,25,26). The molecule has 9 nitrogen and oxygen atoms in total. The highest BCUT2D eigenvalue weighted by Crippen LogP contribution is 2.33. The molecule has 2 fully saturated rings. The summed E-state index contributed by atoms with van der Waals surface area (Å²) >= 11 is 0. The number of halogens is 1. The summed E-state index contributed by atoms with van der Waals surface area (Å²) in [7, 11) is -3.46. The fourth-order valence-corrected chi connectivity index (χ4v) is 4.70. The Kier molecular flexibility index (Phi) is 5.39. The SMILES string of the molecule is CS(=O)(=O)c1ccc(N2CCC(c3nc(C4CCN(C(=O)O)CC4)no3)C2)c(F)c1. The molecule has 0 aliphatic carbocycles. The zero-order valence-electron chi connectivity index (χ0n) is 16.5. The van der Waals surface area contributed by atoms with Gasteiger partial charge < -0.3 is 19.4 Å². The molecule has 30 heavy (non-hydrogen) atoms. The lowest BCUT2D eigenvalue weighted by Gasteiger charge is -2.28. The van der Waals surface area contributed by atoms with Crippen LogP contribution in [0.1, 0.15) is 42.8 Å². The van der Waals surface area contributed by atoms with Gasteiger partial charge in [-0.1, -0.05) is 5.16 Å². The van der Waals surface area contributed by atoms with Gasteiger partial charge in [-0.15, -0.1) is 0 Å². The number of sulfone groups is 1. The number of anilines is 1. The topological polar surface area (TPSA) is 117 Å². The molecule has 0 saturated carbocycles. The molecule has 0 spiro atoms. The number of carbonyl (C=O) groups is 1. The van der Waals surface area contributed by atoms with Crippen LogP contribution in [0.25, 0.3) is 0 Å². The van der Waals surface area contributed by atoms with E-state index in [1.165, 1.54) is 17.0 Å². The number of carboxylic acid groups (broad SMARTS) is 1. The Morgan fingerprint density at radius 1 is 1.20 bits per heavy atom. The predicted octanol–water partition coefficient (Wildman–Crippen LogP) is 2.46. The number of benzene rings is 1. The minimum atomic E-state index is -3.46. The summed E-state index contributed by atoms with van der Waals surface area (Å²) in [5.41, 5.74) is 0.352. The van der Waals surface area contributed by atoms with Crippen LogP contribution < -0.4 is 4.90 Å². The van der Waals surface area contributed by atoms with Gasteiger partial charge >= 0.3 is 6.09 Å². The Hall–Kier alpha value is -2.69. The van der Waals surface area contributed by atoms with Crippen LogP contribution in [-0.2, 0) is 9.84 Å². The molecule has 3 heterocycles. The van der Waals surface area contributed by atoms with Gasteiger partial charge in [0.15, 0.2) is 15.7 Å². The van der Waals surface area contributed by atoms with Gasteiger partial charge in [0.05, 0.1) is 16.5 Å². The van der Waals surface area contributed by atoms with E-state index in [0.29, 0.717) is 62.8 Å². The van der Waals surface area contributed by atoms with Gasteiger partial charge in [-0.05, 0) is 37.5 Å². The Balaban J connectivity index is 1.42. The van der Waals surface area contributed by atoms with Crippen LogP contribution >= 0.6 is 0 Å². The molecule has 1 N–H and O–H groups in total. The molecule has 1 unspecified atom stereocenters.